The zero-order chi connectivity index (χ0) is 15.1. The van der Waals surface area contributed by atoms with Gasteiger partial charge in [-0.05, 0) is 11.5 Å². The third kappa shape index (κ3) is 4.20. The second-order valence-corrected chi connectivity index (χ2v) is 4.91. The van der Waals surface area contributed by atoms with Crippen LogP contribution in [0.25, 0.3) is 10.8 Å². The van der Waals surface area contributed by atoms with Crippen LogP contribution in [-0.4, -0.2) is 30.3 Å². The van der Waals surface area contributed by atoms with Crippen LogP contribution < -0.4 is 10.1 Å². The van der Waals surface area contributed by atoms with E-state index in [0.29, 0.717) is 19.4 Å². The summed E-state index contributed by atoms with van der Waals surface area (Å²) in [6.07, 6.45) is 0.992. The number of aliphatic hydroxyl groups is 1. The Bertz CT molecular complexity index is 592. The Morgan fingerprint density at radius 1 is 1.24 bits per heavy atom. The van der Waals surface area contributed by atoms with Gasteiger partial charge in [0.25, 0.3) is 0 Å². The SMILES string of the molecule is CCC(=O)NC(CO)CCOc1cccc2ccccc12. The van der Waals surface area contributed by atoms with Crippen molar-refractivity contribution in [2.45, 2.75) is 25.8 Å². The summed E-state index contributed by atoms with van der Waals surface area (Å²) < 4.78 is 5.80. The standard InChI is InChI=1S/C17H21NO3/c1-2-17(20)18-14(12-19)10-11-21-16-9-5-7-13-6-3-4-8-15(13)16/h3-9,14,19H,2,10-12H2,1H3,(H,18,20). The maximum Gasteiger partial charge on any atom is 0.220 e. The van der Waals surface area contributed by atoms with Crippen molar-refractivity contribution in [3.8, 4) is 5.75 Å². The second-order valence-electron chi connectivity index (χ2n) is 4.91. The lowest BCUT2D eigenvalue weighted by molar-refractivity contribution is -0.121. The van der Waals surface area contributed by atoms with Gasteiger partial charge in [0.05, 0.1) is 19.3 Å². The third-order valence-corrected chi connectivity index (χ3v) is 3.38. The number of benzene rings is 2. The Balaban J connectivity index is 1.94. The van der Waals surface area contributed by atoms with Gasteiger partial charge in [-0.15, -0.1) is 0 Å². The van der Waals surface area contributed by atoms with Gasteiger partial charge in [0, 0.05) is 18.2 Å². The van der Waals surface area contributed by atoms with Crippen LogP contribution in [0.4, 0.5) is 0 Å². The van der Waals surface area contributed by atoms with Gasteiger partial charge < -0.3 is 15.2 Å². The highest BCUT2D eigenvalue weighted by Crippen LogP contribution is 2.25. The predicted molar refractivity (Wildman–Crippen MR) is 83.4 cm³/mol. The molecule has 0 radical (unpaired) electrons. The van der Waals surface area contributed by atoms with Crippen LogP contribution >= 0.6 is 0 Å². The number of carbonyl (C=O) groups is 1. The van der Waals surface area contributed by atoms with Crippen molar-refractivity contribution >= 4 is 16.7 Å². The molecule has 0 saturated heterocycles. The van der Waals surface area contributed by atoms with Crippen molar-refractivity contribution in [3.63, 3.8) is 0 Å². The molecular weight excluding hydrogens is 266 g/mol. The van der Waals surface area contributed by atoms with E-state index in [9.17, 15) is 9.90 Å². The quantitative estimate of drug-likeness (QED) is 0.822. The topological polar surface area (TPSA) is 58.6 Å². The molecule has 21 heavy (non-hydrogen) atoms. The van der Waals surface area contributed by atoms with Gasteiger partial charge in [0.2, 0.25) is 5.91 Å². The maximum absolute atomic E-state index is 11.3. The molecule has 1 amide bonds. The van der Waals surface area contributed by atoms with Crippen LogP contribution in [0.2, 0.25) is 0 Å². The summed E-state index contributed by atoms with van der Waals surface area (Å²) in [5, 5.41) is 14.2. The summed E-state index contributed by atoms with van der Waals surface area (Å²) in [4.78, 5) is 11.3. The summed E-state index contributed by atoms with van der Waals surface area (Å²) in [7, 11) is 0. The first kappa shape index (κ1) is 15.3. The van der Waals surface area contributed by atoms with E-state index in [2.05, 4.69) is 5.32 Å². The molecule has 0 aromatic heterocycles. The van der Waals surface area contributed by atoms with Crippen molar-refractivity contribution in [1.82, 2.24) is 5.32 Å². The number of amides is 1. The van der Waals surface area contributed by atoms with Crippen LogP contribution in [-0.2, 0) is 4.79 Å². The molecule has 4 heteroatoms. The molecule has 0 spiro atoms. The fourth-order valence-electron chi connectivity index (χ4n) is 2.17. The number of hydrogen-bond acceptors (Lipinski definition) is 3. The lowest BCUT2D eigenvalue weighted by Crippen LogP contribution is -2.38. The molecule has 2 rings (SSSR count). The normalized spacial score (nSPS) is 12.1. The average Bonchev–Trinajstić information content (AvgIpc) is 2.53. The van der Waals surface area contributed by atoms with E-state index < -0.39 is 0 Å². The lowest BCUT2D eigenvalue weighted by atomic mass is 10.1. The Kier molecular flexibility index (Phi) is 5.58. The Labute approximate surface area is 124 Å². The number of fused-ring (bicyclic) bond motifs is 1. The van der Waals surface area contributed by atoms with Crippen molar-refractivity contribution in [1.29, 1.82) is 0 Å². The van der Waals surface area contributed by atoms with Gasteiger partial charge in [-0.2, -0.15) is 0 Å². The van der Waals surface area contributed by atoms with Crippen molar-refractivity contribution < 1.29 is 14.6 Å². The number of rotatable bonds is 7. The highest BCUT2D eigenvalue weighted by Gasteiger charge is 2.10. The molecule has 0 saturated carbocycles. The predicted octanol–water partition coefficient (Wildman–Crippen LogP) is 2.50. The monoisotopic (exact) mass is 287 g/mol. The first-order valence-electron chi connectivity index (χ1n) is 7.25. The van der Waals surface area contributed by atoms with E-state index in [4.69, 9.17) is 4.74 Å². The van der Waals surface area contributed by atoms with E-state index in [0.717, 1.165) is 16.5 Å². The molecule has 0 aliphatic carbocycles. The molecule has 0 heterocycles. The van der Waals surface area contributed by atoms with Crippen LogP contribution in [0.15, 0.2) is 42.5 Å². The second kappa shape index (κ2) is 7.64. The molecule has 2 N–H and O–H groups in total. The largest absolute Gasteiger partial charge is 0.493 e. The smallest absolute Gasteiger partial charge is 0.220 e. The van der Waals surface area contributed by atoms with Gasteiger partial charge in [-0.3, -0.25) is 4.79 Å². The minimum atomic E-state index is -0.257. The molecule has 0 bridgehead atoms. The molecule has 1 unspecified atom stereocenters. The minimum absolute atomic E-state index is 0.0563. The van der Waals surface area contributed by atoms with E-state index >= 15 is 0 Å². The van der Waals surface area contributed by atoms with Gasteiger partial charge in [0.15, 0.2) is 0 Å². The molecule has 2 aromatic carbocycles. The van der Waals surface area contributed by atoms with E-state index in [1.807, 2.05) is 42.5 Å². The van der Waals surface area contributed by atoms with Crippen LogP contribution in [0.5, 0.6) is 5.75 Å². The number of aliphatic hydroxyl groups excluding tert-OH is 1. The highest BCUT2D eigenvalue weighted by molar-refractivity contribution is 5.88. The summed E-state index contributed by atoms with van der Waals surface area (Å²) in [6.45, 7) is 2.16. The number of hydrogen-bond donors (Lipinski definition) is 2. The highest BCUT2D eigenvalue weighted by atomic mass is 16.5. The lowest BCUT2D eigenvalue weighted by Gasteiger charge is -2.16. The van der Waals surface area contributed by atoms with Crippen LogP contribution in [0.1, 0.15) is 19.8 Å². The summed E-state index contributed by atoms with van der Waals surface area (Å²) >= 11 is 0. The van der Waals surface area contributed by atoms with Gasteiger partial charge in [-0.25, -0.2) is 0 Å². The average molecular weight is 287 g/mol. The van der Waals surface area contributed by atoms with Crippen LogP contribution in [0, 0.1) is 0 Å². The maximum atomic E-state index is 11.3. The number of nitrogens with one attached hydrogen (secondary N) is 1. The fraction of sp³-hybridized carbons (Fsp3) is 0.353. The minimum Gasteiger partial charge on any atom is -0.493 e. The Morgan fingerprint density at radius 2 is 2.00 bits per heavy atom. The van der Waals surface area contributed by atoms with E-state index in [1.54, 1.807) is 6.92 Å². The Hall–Kier alpha value is -2.07. The molecule has 0 fully saturated rings. The molecule has 2 aromatic rings. The number of ether oxygens (including phenoxy) is 1. The van der Waals surface area contributed by atoms with Crippen LogP contribution in [0.3, 0.4) is 0 Å². The molecule has 0 aliphatic heterocycles. The summed E-state index contributed by atoms with van der Waals surface area (Å²) in [5.41, 5.74) is 0. The summed E-state index contributed by atoms with van der Waals surface area (Å²) in [5.74, 6) is 0.769. The first-order chi connectivity index (χ1) is 10.2. The van der Waals surface area contributed by atoms with Crippen molar-refractivity contribution in [2.75, 3.05) is 13.2 Å². The zero-order valence-electron chi connectivity index (χ0n) is 12.2. The first-order valence-corrected chi connectivity index (χ1v) is 7.25. The van der Waals surface area contributed by atoms with Gasteiger partial charge >= 0.3 is 0 Å². The molecule has 112 valence electrons. The van der Waals surface area contributed by atoms with Gasteiger partial charge in [0.1, 0.15) is 5.75 Å². The molecule has 4 nitrogen and oxygen atoms in total. The van der Waals surface area contributed by atoms with E-state index in [1.165, 1.54) is 0 Å². The Morgan fingerprint density at radius 3 is 2.76 bits per heavy atom. The zero-order valence-corrected chi connectivity index (χ0v) is 12.2. The summed E-state index contributed by atoms with van der Waals surface area (Å²) in [6, 6.07) is 13.7. The number of carbonyl (C=O) groups excluding carboxylic acids is 1. The fourth-order valence-corrected chi connectivity index (χ4v) is 2.17. The van der Waals surface area contributed by atoms with E-state index in [-0.39, 0.29) is 18.6 Å². The van der Waals surface area contributed by atoms with Crippen molar-refractivity contribution in [3.05, 3.63) is 42.5 Å². The molecule has 0 aliphatic rings. The van der Waals surface area contributed by atoms with Crippen molar-refractivity contribution in [2.24, 2.45) is 0 Å². The molecular formula is C17H21NO3. The third-order valence-electron chi connectivity index (χ3n) is 3.38. The molecule has 1 atom stereocenters. The van der Waals surface area contributed by atoms with Gasteiger partial charge in [-0.1, -0.05) is 43.3 Å².